The molecule has 0 aliphatic heterocycles. The van der Waals surface area contributed by atoms with Crippen molar-refractivity contribution in [3.05, 3.63) is 236 Å². The smallest absolute Gasteiger partial charge is 0.138 e. The lowest BCUT2D eigenvalue weighted by Crippen LogP contribution is -2.03. The predicted molar refractivity (Wildman–Crippen MR) is 265 cm³/mol. The van der Waals surface area contributed by atoms with E-state index in [2.05, 4.69) is 228 Å². The van der Waals surface area contributed by atoms with Crippen molar-refractivity contribution < 1.29 is 0 Å². The molecule has 9 aromatic carbocycles. The number of aromatic nitrogens is 3. The molecule has 4 heteroatoms. The molecule has 0 N–H and O–H groups in total. The summed E-state index contributed by atoms with van der Waals surface area (Å²) in [5.41, 5.74) is 17.2. The van der Waals surface area contributed by atoms with Crippen molar-refractivity contribution in [3.8, 4) is 73.2 Å². The maximum Gasteiger partial charge on any atom is 0.138 e. The monoisotopic (exact) mass is 814 g/mol. The second-order valence-electron chi connectivity index (χ2n) is 16.3. The Morgan fingerprint density at radius 1 is 0.328 bits per heavy atom. The quantitative estimate of drug-likeness (QED) is 0.161. The van der Waals surface area contributed by atoms with Crippen LogP contribution in [0.15, 0.2) is 231 Å². The summed E-state index contributed by atoms with van der Waals surface area (Å²) in [5, 5.41) is 14.5. The average molecular weight is 815 g/mol. The minimum Gasteiger partial charge on any atom is -0.307 e. The van der Waals surface area contributed by atoms with Gasteiger partial charge in [-0.1, -0.05) is 158 Å². The van der Waals surface area contributed by atoms with Crippen molar-refractivity contribution in [2.75, 3.05) is 0 Å². The zero-order valence-electron chi connectivity index (χ0n) is 34.7. The van der Waals surface area contributed by atoms with Crippen LogP contribution in [0.1, 0.15) is 5.56 Å². The maximum absolute atomic E-state index is 9.84. The van der Waals surface area contributed by atoms with Crippen LogP contribution in [0.25, 0.3) is 111 Å². The minimum absolute atomic E-state index is 0.615. The standard InChI is InChI=1S/C60H38N4/c61-38-40-21-23-45(24-22-40)50-37-60(64-57-31-27-48(43-17-9-3-10-18-43)35-53(57)54-36-49(28-32-58(54)64)44-19-11-4-12-20-44)62-39-59(50)63-55-29-25-46(41-13-5-1-6-14-41)33-51(55)52-34-47(26-30-56(52)63)42-15-7-2-8-16-42/h1-37,39H. The number of nitriles is 1. The highest BCUT2D eigenvalue weighted by Crippen LogP contribution is 2.42. The Bertz CT molecular complexity index is 3550. The molecule has 0 bridgehead atoms. The first-order valence-electron chi connectivity index (χ1n) is 21.6. The number of nitrogens with zero attached hydrogens (tertiary/aromatic N) is 4. The number of rotatable bonds is 7. The van der Waals surface area contributed by atoms with E-state index in [1.807, 2.05) is 18.3 Å². The Balaban J connectivity index is 1.12. The molecule has 3 aromatic heterocycles. The summed E-state index contributed by atoms with van der Waals surface area (Å²) in [6.45, 7) is 0. The van der Waals surface area contributed by atoms with Crippen LogP contribution < -0.4 is 0 Å². The van der Waals surface area contributed by atoms with Crippen LogP contribution >= 0.6 is 0 Å². The zero-order valence-corrected chi connectivity index (χ0v) is 34.7. The van der Waals surface area contributed by atoms with Crippen molar-refractivity contribution in [1.29, 1.82) is 5.26 Å². The van der Waals surface area contributed by atoms with Gasteiger partial charge in [-0.25, -0.2) is 4.98 Å². The third kappa shape index (κ3) is 6.26. The van der Waals surface area contributed by atoms with E-state index in [9.17, 15) is 5.26 Å². The van der Waals surface area contributed by atoms with E-state index in [-0.39, 0.29) is 0 Å². The summed E-state index contributed by atoms with van der Waals surface area (Å²) in [5.74, 6) is 0.807. The van der Waals surface area contributed by atoms with Gasteiger partial charge in [-0.05, 0) is 117 Å². The molecular formula is C60H38N4. The molecule has 0 saturated carbocycles. The number of fused-ring (bicyclic) bond motifs is 6. The molecule has 0 atom stereocenters. The normalized spacial score (nSPS) is 11.4. The van der Waals surface area contributed by atoms with Gasteiger partial charge in [-0.2, -0.15) is 5.26 Å². The number of pyridine rings is 1. The lowest BCUT2D eigenvalue weighted by Gasteiger charge is -2.17. The van der Waals surface area contributed by atoms with Gasteiger partial charge in [0, 0.05) is 27.1 Å². The molecule has 0 radical (unpaired) electrons. The van der Waals surface area contributed by atoms with Crippen LogP contribution in [0.4, 0.5) is 0 Å². The fourth-order valence-corrected chi connectivity index (χ4v) is 9.49. The van der Waals surface area contributed by atoms with E-state index in [0.717, 1.165) is 88.5 Å². The summed E-state index contributed by atoms with van der Waals surface area (Å²) in [6.07, 6.45) is 2.03. The molecule has 0 unspecified atom stereocenters. The van der Waals surface area contributed by atoms with Crippen LogP contribution in [0.5, 0.6) is 0 Å². The van der Waals surface area contributed by atoms with Crippen molar-refractivity contribution in [1.82, 2.24) is 14.1 Å². The maximum atomic E-state index is 9.84. The predicted octanol–water partition coefficient (Wildman–Crippen LogP) is 15.5. The molecule has 0 aliphatic rings. The summed E-state index contributed by atoms with van der Waals surface area (Å²) in [4.78, 5) is 5.39. The molecular weight excluding hydrogens is 777 g/mol. The number of hydrogen-bond donors (Lipinski definition) is 0. The summed E-state index contributed by atoms with van der Waals surface area (Å²) in [7, 11) is 0. The molecule has 298 valence electrons. The summed E-state index contributed by atoms with van der Waals surface area (Å²) >= 11 is 0. The second kappa shape index (κ2) is 15.3. The highest BCUT2D eigenvalue weighted by Gasteiger charge is 2.21. The van der Waals surface area contributed by atoms with Crippen LogP contribution in [0, 0.1) is 11.3 Å². The Kier molecular flexibility index (Phi) is 8.84. The molecule has 0 amide bonds. The zero-order chi connectivity index (χ0) is 42.6. The van der Waals surface area contributed by atoms with Crippen molar-refractivity contribution in [3.63, 3.8) is 0 Å². The van der Waals surface area contributed by atoms with E-state index in [1.165, 1.54) is 22.3 Å². The molecule has 0 spiro atoms. The Hall–Kier alpha value is -8.78. The van der Waals surface area contributed by atoms with Crippen molar-refractivity contribution >= 4 is 43.6 Å². The lowest BCUT2D eigenvalue weighted by molar-refractivity contribution is 1.06. The molecule has 3 heterocycles. The molecule has 0 aliphatic carbocycles. The Morgan fingerprint density at radius 2 is 0.672 bits per heavy atom. The van der Waals surface area contributed by atoms with Crippen molar-refractivity contribution in [2.45, 2.75) is 0 Å². The van der Waals surface area contributed by atoms with Gasteiger partial charge < -0.3 is 4.57 Å². The summed E-state index contributed by atoms with van der Waals surface area (Å²) in [6, 6.07) is 81.9. The first kappa shape index (κ1) is 37.0. The fourth-order valence-electron chi connectivity index (χ4n) is 9.49. The van der Waals surface area contributed by atoms with E-state index in [4.69, 9.17) is 4.98 Å². The molecule has 4 nitrogen and oxygen atoms in total. The van der Waals surface area contributed by atoms with Gasteiger partial charge in [0.25, 0.3) is 0 Å². The second-order valence-corrected chi connectivity index (χ2v) is 16.3. The summed E-state index contributed by atoms with van der Waals surface area (Å²) < 4.78 is 4.66. The largest absolute Gasteiger partial charge is 0.307 e. The van der Waals surface area contributed by atoms with E-state index in [1.54, 1.807) is 0 Å². The SMILES string of the molecule is N#Cc1ccc(-c2cc(-n3c4ccc(-c5ccccc5)cc4c4cc(-c5ccccc5)ccc43)ncc2-n2c3ccc(-c4ccccc4)cc3c3cc(-c4ccccc4)ccc32)cc1. The van der Waals surface area contributed by atoms with Crippen LogP contribution in [0.3, 0.4) is 0 Å². The lowest BCUT2D eigenvalue weighted by atomic mass is 10.0. The minimum atomic E-state index is 0.615. The van der Waals surface area contributed by atoms with Gasteiger partial charge in [0.2, 0.25) is 0 Å². The van der Waals surface area contributed by atoms with Crippen LogP contribution in [-0.2, 0) is 0 Å². The van der Waals surface area contributed by atoms with Gasteiger partial charge in [0.1, 0.15) is 5.82 Å². The molecule has 64 heavy (non-hydrogen) atoms. The van der Waals surface area contributed by atoms with E-state index in [0.29, 0.717) is 5.56 Å². The van der Waals surface area contributed by atoms with Crippen LogP contribution in [0.2, 0.25) is 0 Å². The average Bonchev–Trinajstić information content (AvgIpc) is 3.88. The third-order valence-electron chi connectivity index (χ3n) is 12.6. The molecule has 12 aromatic rings. The highest BCUT2D eigenvalue weighted by atomic mass is 15.1. The van der Waals surface area contributed by atoms with E-state index < -0.39 is 0 Å². The van der Waals surface area contributed by atoms with Gasteiger partial charge in [0.15, 0.2) is 0 Å². The number of hydrogen-bond acceptors (Lipinski definition) is 2. The molecule has 0 fully saturated rings. The van der Waals surface area contributed by atoms with Crippen LogP contribution in [-0.4, -0.2) is 14.1 Å². The fraction of sp³-hybridized carbons (Fsp3) is 0. The van der Waals surface area contributed by atoms with Gasteiger partial charge in [-0.15, -0.1) is 0 Å². The highest BCUT2D eigenvalue weighted by molar-refractivity contribution is 6.13. The first-order chi connectivity index (χ1) is 31.7. The topological polar surface area (TPSA) is 46.5 Å². The third-order valence-corrected chi connectivity index (χ3v) is 12.6. The van der Waals surface area contributed by atoms with Gasteiger partial charge >= 0.3 is 0 Å². The first-order valence-corrected chi connectivity index (χ1v) is 21.6. The number of benzene rings is 9. The molecule has 0 saturated heterocycles. The van der Waals surface area contributed by atoms with Gasteiger partial charge in [-0.3, -0.25) is 4.57 Å². The molecule has 12 rings (SSSR count). The van der Waals surface area contributed by atoms with Crippen molar-refractivity contribution in [2.24, 2.45) is 0 Å². The van der Waals surface area contributed by atoms with E-state index >= 15 is 0 Å². The Morgan fingerprint density at radius 3 is 1.03 bits per heavy atom. The van der Waals surface area contributed by atoms with Gasteiger partial charge in [0.05, 0.1) is 45.6 Å². The Labute approximate surface area is 370 Å².